The topological polar surface area (TPSA) is 80.7 Å². The van der Waals surface area contributed by atoms with E-state index in [-0.39, 0.29) is 16.2 Å². The minimum atomic E-state index is -4.30. The SMILES string of the molecule is C=C(C)C(=O)Oc1cccc(S(=O)(=O)O)c1. The van der Waals surface area contributed by atoms with Gasteiger partial charge in [-0.15, -0.1) is 0 Å². The van der Waals surface area contributed by atoms with Crippen molar-refractivity contribution >= 4 is 16.1 Å². The number of benzene rings is 1. The van der Waals surface area contributed by atoms with E-state index >= 15 is 0 Å². The van der Waals surface area contributed by atoms with Gasteiger partial charge in [0.15, 0.2) is 0 Å². The number of carbonyl (C=O) groups excluding carboxylic acids is 1. The first kappa shape index (κ1) is 12.4. The molecule has 0 spiro atoms. The highest BCUT2D eigenvalue weighted by molar-refractivity contribution is 7.85. The van der Waals surface area contributed by atoms with E-state index < -0.39 is 16.1 Å². The Balaban J connectivity index is 3.01. The van der Waals surface area contributed by atoms with E-state index in [0.717, 1.165) is 6.07 Å². The number of ether oxygens (including phenoxy) is 1. The minimum Gasteiger partial charge on any atom is -0.423 e. The third-order valence-corrected chi connectivity index (χ3v) is 2.51. The zero-order valence-corrected chi connectivity index (χ0v) is 9.32. The molecule has 0 aliphatic carbocycles. The van der Waals surface area contributed by atoms with Gasteiger partial charge in [-0.3, -0.25) is 4.55 Å². The van der Waals surface area contributed by atoms with Crippen LogP contribution in [0.15, 0.2) is 41.3 Å². The fraction of sp³-hybridized carbons (Fsp3) is 0.100. The first-order valence-electron chi connectivity index (χ1n) is 4.26. The molecule has 0 bridgehead atoms. The average molecular weight is 242 g/mol. The van der Waals surface area contributed by atoms with Crippen molar-refractivity contribution in [1.82, 2.24) is 0 Å². The average Bonchev–Trinajstić information content (AvgIpc) is 2.16. The zero-order chi connectivity index (χ0) is 12.3. The highest BCUT2D eigenvalue weighted by Gasteiger charge is 2.12. The Bertz CT molecular complexity index is 530. The molecule has 6 heteroatoms. The van der Waals surface area contributed by atoms with Crippen molar-refractivity contribution in [1.29, 1.82) is 0 Å². The van der Waals surface area contributed by atoms with Crippen LogP contribution in [0, 0.1) is 0 Å². The summed E-state index contributed by atoms with van der Waals surface area (Å²) in [5.74, 6) is -0.629. The van der Waals surface area contributed by atoms with Crippen LogP contribution >= 0.6 is 0 Å². The Morgan fingerprint density at radius 2 is 2.06 bits per heavy atom. The molecule has 1 N–H and O–H groups in total. The number of rotatable bonds is 3. The van der Waals surface area contributed by atoms with E-state index in [2.05, 4.69) is 6.58 Å². The monoisotopic (exact) mass is 242 g/mol. The molecule has 0 atom stereocenters. The van der Waals surface area contributed by atoms with Gasteiger partial charge in [-0.2, -0.15) is 8.42 Å². The standard InChI is InChI=1S/C10H10O5S/c1-7(2)10(11)15-8-4-3-5-9(6-8)16(12,13)14/h3-6H,1H2,2H3,(H,12,13,14). The van der Waals surface area contributed by atoms with Gasteiger partial charge >= 0.3 is 5.97 Å². The molecule has 0 aliphatic rings. The van der Waals surface area contributed by atoms with Crippen molar-refractivity contribution in [2.75, 3.05) is 0 Å². The highest BCUT2D eigenvalue weighted by atomic mass is 32.2. The van der Waals surface area contributed by atoms with Crippen LogP contribution in [0.3, 0.4) is 0 Å². The maximum Gasteiger partial charge on any atom is 0.338 e. The van der Waals surface area contributed by atoms with Crippen LogP contribution in [0.25, 0.3) is 0 Å². The second-order valence-corrected chi connectivity index (χ2v) is 4.54. The Morgan fingerprint density at radius 3 is 2.56 bits per heavy atom. The van der Waals surface area contributed by atoms with Crippen molar-refractivity contribution in [3.05, 3.63) is 36.4 Å². The molecule has 0 saturated heterocycles. The molecule has 0 radical (unpaired) electrons. The van der Waals surface area contributed by atoms with E-state index in [1.165, 1.54) is 25.1 Å². The van der Waals surface area contributed by atoms with E-state index in [1.807, 2.05) is 0 Å². The third kappa shape index (κ3) is 3.18. The summed E-state index contributed by atoms with van der Waals surface area (Å²) < 4.78 is 35.2. The molecule has 0 aliphatic heterocycles. The highest BCUT2D eigenvalue weighted by Crippen LogP contribution is 2.17. The van der Waals surface area contributed by atoms with Gasteiger partial charge in [0.2, 0.25) is 0 Å². The predicted octanol–water partition coefficient (Wildman–Crippen LogP) is 1.41. The number of esters is 1. The van der Waals surface area contributed by atoms with Crippen molar-refractivity contribution in [3.8, 4) is 5.75 Å². The number of hydrogen-bond donors (Lipinski definition) is 1. The van der Waals surface area contributed by atoms with Gasteiger partial charge < -0.3 is 4.74 Å². The van der Waals surface area contributed by atoms with Crippen molar-refractivity contribution in [2.24, 2.45) is 0 Å². The lowest BCUT2D eigenvalue weighted by Gasteiger charge is -2.04. The molecule has 0 heterocycles. The van der Waals surface area contributed by atoms with Crippen LogP contribution in [0.5, 0.6) is 5.75 Å². The fourth-order valence-electron chi connectivity index (χ4n) is 0.892. The van der Waals surface area contributed by atoms with Gasteiger partial charge in [0.25, 0.3) is 10.1 Å². The molecule has 0 saturated carbocycles. The Hall–Kier alpha value is -1.66. The molecular formula is C10H10O5S. The molecule has 1 aromatic carbocycles. The van der Waals surface area contributed by atoms with Gasteiger partial charge in [0.05, 0.1) is 4.90 Å². The zero-order valence-electron chi connectivity index (χ0n) is 8.50. The van der Waals surface area contributed by atoms with Crippen LogP contribution in [0.2, 0.25) is 0 Å². The number of hydrogen-bond acceptors (Lipinski definition) is 4. The maximum atomic E-state index is 11.1. The van der Waals surface area contributed by atoms with Gasteiger partial charge in [-0.1, -0.05) is 12.6 Å². The molecule has 1 aromatic rings. The van der Waals surface area contributed by atoms with Crippen LogP contribution in [-0.2, 0) is 14.9 Å². The Kier molecular flexibility index (Phi) is 3.46. The summed E-state index contributed by atoms with van der Waals surface area (Å²) in [6.45, 7) is 4.85. The van der Waals surface area contributed by atoms with Crippen molar-refractivity contribution < 1.29 is 22.5 Å². The van der Waals surface area contributed by atoms with Crippen molar-refractivity contribution in [3.63, 3.8) is 0 Å². The number of carbonyl (C=O) groups is 1. The summed E-state index contributed by atoms with van der Waals surface area (Å²) in [7, 11) is -4.30. The Morgan fingerprint density at radius 1 is 1.44 bits per heavy atom. The van der Waals surface area contributed by atoms with E-state index in [9.17, 15) is 13.2 Å². The summed E-state index contributed by atoms with van der Waals surface area (Å²) >= 11 is 0. The van der Waals surface area contributed by atoms with Gasteiger partial charge in [0, 0.05) is 11.6 Å². The van der Waals surface area contributed by atoms with Crippen LogP contribution < -0.4 is 4.74 Å². The summed E-state index contributed by atoms with van der Waals surface area (Å²) in [6, 6.07) is 4.99. The molecule has 86 valence electrons. The lowest BCUT2D eigenvalue weighted by atomic mass is 10.3. The lowest BCUT2D eigenvalue weighted by Crippen LogP contribution is -2.08. The largest absolute Gasteiger partial charge is 0.423 e. The van der Waals surface area contributed by atoms with Gasteiger partial charge in [0.1, 0.15) is 5.75 Å². The normalized spacial score (nSPS) is 10.9. The van der Waals surface area contributed by atoms with E-state index in [1.54, 1.807) is 0 Å². The van der Waals surface area contributed by atoms with E-state index in [4.69, 9.17) is 9.29 Å². The molecule has 0 amide bonds. The molecule has 0 aromatic heterocycles. The first-order chi connectivity index (χ1) is 7.30. The molecule has 0 fully saturated rings. The quantitative estimate of drug-likeness (QED) is 0.375. The molecular weight excluding hydrogens is 232 g/mol. The predicted molar refractivity (Wildman–Crippen MR) is 56.7 cm³/mol. The lowest BCUT2D eigenvalue weighted by molar-refractivity contribution is -0.130. The summed E-state index contributed by atoms with van der Waals surface area (Å²) in [5, 5.41) is 0. The molecule has 16 heavy (non-hydrogen) atoms. The smallest absolute Gasteiger partial charge is 0.338 e. The first-order valence-corrected chi connectivity index (χ1v) is 5.70. The molecule has 5 nitrogen and oxygen atoms in total. The molecule has 0 unspecified atom stereocenters. The van der Waals surface area contributed by atoms with E-state index in [0.29, 0.717) is 0 Å². The Labute approximate surface area is 93.1 Å². The minimum absolute atomic E-state index is 0.0307. The van der Waals surface area contributed by atoms with Crippen molar-refractivity contribution in [2.45, 2.75) is 11.8 Å². The second kappa shape index (κ2) is 4.46. The van der Waals surface area contributed by atoms with Crippen LogP contribution in [0.4, 0.5) is 0 Å². The maximum absolute atomic E-state index is 11.1. The van der Waals surface area contributed by atoms with Gasteiger partial charge in [-0.05, 0) is 19.1 Å². The fourth-order valence-corrected chi connectivity index (χ4v) is 1.41. The van der Waals surface area contributed by atoms with Crippen LogP contribution in [-0.4, -0.2) is 18.9 Å². The van der Waals surface area contributed by atoms with Gasteiger partial charge in [-0.25, -0.2) is 4.79 Å². The summed E-state index contributed by atoms with van der Waals surface area (Å²) in [5.41, 5.74) is 0.192. The summed E-state index contributed by atoms with van der Waals surface area (Å²) in [4.78, 5) is 10.8. The third-order valence-electron chi connectivity index (χ3n) is 1.66. The van der Waals surface area contributed by atoms with Crippen LogP contribution in [0.1, 0.15) is 6.92 Å². The summed E-state index contributed by atoms with van der Waals surface area (Å²) in [6.07, 6.45) is 0. The second-order valence-electron chi connectivity index (χ2n) is 3.12. The molecule has 1 rings (SSSR count).